The lowest BCUT2D eigenvalue weighted by molar-refractivity contribution is -0.187. The Morgan fingerprint density at radius 1 is 1.06 bits per heavy atom. The monoisotopic (exact) mass is 480 g/mol. The molecule has 2 N–H and O–H groups in total. The smallest absolute Gasteiger partial charge is 0.314 e. The molecule has 6 unspecified atom stereocenters. The first-order valence-corrected chi connectivity index (χ1v) is 13.1. The van der Waals surface area contributed by atoms with E-state index in [9.17, 15) is 19.8 Å². The molecule has 3 fully saturated rings. The lowest BCUT2D eigenvalue weighted by Crippen LogP contribution is -2.62. The van der Waals surface area contributed by atoms with Crippen LogP contribution in [-0.2, 0) is 14.3 Å². The fourth-order valence-electron chi connectivity index (χ4n) is 8.97. The molecule has 5 aliphatic rings. The molecule has 5 heteroatoms. The molecule has 0 spiro atoms. The van der Waals surface area contributed by atoms with Gasteiger partial charge in [0.1, 0.15) is 0 Å². The molecule has 5 aliphatic carbocycles. The van der Waals surface area contributed by atoms with Crippen LogP contribution in [-0.4, -0.2) is 35.7 Å². The predicted octanol–water partition coefficient (Wildman–Crippen LogP) is 5.76. The number of fused-ring (bicyclic) bond motifs is 7. The highest BCUT2D eigenvalue weighted by Gasteiger charge is 2.67. The molecule has 0 aliphatic heterocycles. The quantitative estimate of drug-likeness (QED) is 0.491. The van der Waals surface area contributed by atoms with Crippen LogP contribution in [0.25, 0.3) is 0 Å². The lowest BCUT2D eigenvalue weighted by atomic mass is 9.34. The molecule has 0 bridgehead atoms. The minimum Gasteiger partial charge on any atom is -0.504 e. The summed E-state index contributed by atoms with van der Waals surface area (Å²) >= 11 is 0. The summed E-state index contributed by atoms with van der Waals surface area (Å²) in [4.78, 5) is 25.5. The maximum absolute atomic E-state index is 12.9. The van der Waals surface area contributed by atoms with Crippen molar-refractivity contribution in [3.63, 3.8) is 0 Å². The van der Waals surface area contributed by atoms with Gasteiger partial charge in [-0.2, -0.15) is 0 Å². The van der Waals surface area contributed by atoms with Crippen LogP contribution in [0, 0.1) is 33.0 Å². The van der Waals surface area contributed by atoms with Gasteiger partial charge in [-0.25, -0.2) is 0 Å². The Bertz CT molecular complexity index is 1140. The summed E-state index contributed by atoms with van der Waals surface area (Å²) in [5.74, 6) is -0.454. The minimum absolute atomic E-state index is 0.0577. The van der Waals surface area contributed by atoms with Gasteiger partial charge in [0.2, 0.25) is 5.78 Å². The highest BCUT2D eigenvalue weighted by Crippen LogP contribution is 2.75. The van der Waals surface area contributed by atoms with Gasteiger partial charge in [-0.3, -0.25) is 9.59 Å². The Morgan fingerprint density at radius 3 is 2.40 bits per heavy atom. The first-order chi connectivity index (χ1) is 16.3. The van der Waals surface area contributed by atoms with Gasteiger partial charge < -0.3 is 14.9 Å². The third kappa shape index (κ3) is 2.91. The Morgan fingerprint density at radius 2 is 1.74 bits per heavy atom. The maximum Gasteiger partial charge on any atom is 0.314 e. The van der Waals surface area contributed by atoms with E-state index < -0.39 is 5.41 Å². The largest absolute Gasteiger partial charge is 0.504 e. The number of methoxy groups -OCH3 is 1. The number of rotatable bonds is 2. The molecule has 6 atom stereocenters. The van der Waals surface area contributed by atoms with Crippen LogP contribution < -0.4 is 0 Å². The number of ether oxygens (including phenoxy) is 1. The topological polar surface area (TPSA) is 83.8 Å². The Labute approximate surface area is 209 Å². The average molecular weight is 481 g/mol. The zero-order valence-corrected chi connectivity index (χ0v) is 22.1. The molecule has 0 aromatic carbocycles. The molecule has 0 heterocycles. The molecular weight excluding hydrogens is 440 g/mol. The zero-order chi connectivity index (χ0) is 25.6. The molecule has 35 heavy (non-hydrogen) atoms. The molecule has 0 radical (unpaired) electrons. The number of hydrogen-bond donors (Lipinski definition) is 2. The van der Waals surface area contributed by atoms with Crippen LogP contribution in [0.4, 0.5) is 0 Å². The van der Waals surface area contributed by atoms with Crippen LogP contribution in [0.15, 0.2) is 46.3 Å². The van der Waals surface area contributed by atoms with Gasteiger partial charge in [0, 0.05) is 11.0 Å². The van der Waals surface area contributed by atoms with E-state index >= 15 is 0 Å². The van der Waals surface area contributed by atoms with E-state index in [1.165, 1.54) is 12.7 Å². The third-order valence-corrected chi connectivity index (χ3v) is 11.7. The van der Waals surface area contributed by atoms with Gasteiger partial charge in [-0.05, 0) is 91.3 Å². The van der Waals surface area contributed by atoms with E-state index in [-0.39, 0.29) is 51.7 Å². The Balaban J connectivity index is 1.63. The second kappa shape index (κ2) is 7.44. The highest BCUT2D eigenvalue weighted by molar-refractivity contribution is 6.06. The summed E-state index contributed by atoms with van der Waals surface area (Å²) in [6, 6.07) is 0. The fraction of sp³-hybridized carbons (Fsp3) is 0.667. The lowest BCUT2D eigenvalue weighted by Gasteiger charge is -2.70. The molecule has 0 aromatic heterocycles. The number of aliphatic hydroxyl groups is 2. The molecule has 0 amide bonds. The van der Waals surface area contributed by atoms with Gasteiger partial charge in [0.25, 0.3) is 0 Å². The number of hydrogen-bond acceptors (Lipinski definition) is 5. The zero-order valence-electron chi connectivity index (χ0n) is 22.1. The number of ketones is 1. The van der Waals surface area contributed by atoms with Crippen molar-refractivity contribution in [3.8, 4) is 0 Å². The van der Waals surface area contributed by atoms with Crippen molar-refractivity contribution in [2.24, 2.45) is 33.0 Å². The summed E-state index contributed by atoms with van der Waals surface area (Å²) in [6.07, 6.45) is 12.3. The average Bonchev–Trinajstić information content (AvgIpc) is 2.84. The first-order valence-electron chi connectivity index (χ1n) is 13.1. The van der Waals surface area contributed by atoms with Crippen LogP contribution >= 0.6 is 0 Å². The second-order valence-corrected chi connectivity index (χ2v) is 13.0. The van der Waals surface area contributed by atoms with Crippen LogP contribution in [0.2, 0.25) is 0 Å². The van der Waals surface area contributed by atoms with E-state index in [1.54, 1.807) is 6.08 Å². The van der Waals surface area contributed by atoms with E-state index in [4.69, 9.17) is 4.74 Å². The van der Waals surface area contributed by atoms with Gasteiger partial charge in [0.05, 0.1) is 19.1 Å². The van der Waals surface area contributed by atoms with Crippen molar-refractivity contribution >= 4 is 11.8 Å². The van der Waals surface area contributed by atoms with Crippen molar-refractivity contribution in [2.75, 3.05) is 13.7 Å². The molecular formula is C30H40O5. The number of aliphatic hydroxyl groups excluding tert-OH is 2. The second-order valence-electron chi connectivity index (χ2n) is 13.0. The maximum atomic E-state index is 12.9. The van der Waals surface area contributed by atoms with Crippen molar-refractivity contribution in [3.05, 3.63) is 46.3 Å². The Kier molecular flexibility index (Phi) is 5.22. The normalized spacial score (nSPS) is 44.7. The van der Waals surface area contributed by atoms with Crippen molar-refractivity contribution in [1.29, 1.82) is 0 Å². The summed E-state index contributed by atoms with van der Waals surface area (Å²) in [5.41, 5.74) is 2.91. The Hall–Kier alpha value is -2.14. The molecule has 5 nitrogen and oxygen atoms in total. The van der Waals surface area contributed by atoms with Crippen LogP contribution in [0.1, 0.15) is 79.6 Å². The predicted molar refractivity (Wildman–Crippen MR) is 134 cm³/mol. The van der Waals surface area contributed by atoms with Gasteiger partial charge in [-0.15, -0.1) is 0 Å². The van der Waals surface area contributed by atoms with Crippen molar-refractivity contribution < 1.29 is 24.5 Å². The van der Waals surface area contributed by atoms with E-state index in [0.717, 1.165) is 43.3 Å². The molecule has 5 rings (SSSR count). The van der Waals surface area contributed by atoms with Crippen LogP contribution in [0.3, 0.4) is 0 Å². The summed E-state index contributed by atoms with van der Waals surface area (Å²) < 4.78 is 5.20. The van der Waals surface area contributed by atoms with Crippen LogP contribution in [0.5, 0.6) is 0 Å². The van der Waals surface area contributed by atoms with Crippen molar-refractivity contribution in [1.82, 2.24) is 0 Å². The summed E-state index contributed by atoms with van der Waals surface area (Å²) in [6.45, 7) is 11.1. The number of carbonyl (C=O) groups excluding carboxylic acids is 2. The van der Waals surface area contributed by atoms with E-state index in [0.29, 0.717) is 18.4 Å². The van der Waals surface area contributed by atoms with Gasteiger partial charge in [0.15, 0.2) is 5.76 Å². The number of carbonyl (C=O) groups is 2. The number of esters is 1. The van der Waals surface area contributed by atoms with E-state index in [2.05, 4.69) is 39.8 Å². The molecule has 0 aromatic rings. The highest BCUT2D eigenvalue weighted by atomic mass is 16.5. The van der Waals surface area contributed by atoms with Gasteiger partial charge >= 0.3 is 5.97 Å². The minimum atomic E-state index is -0.827. The van der Waals surface area contributed by atoms with Crippen molar-refractivity contribution in [2.45, 2.75) is 79.6 Å². The standard InChI is InChI=1S/C30H40O5/c1-18-19-7-8-22-27(3,20(19)15-21(32)24(18)33)11-13-29(5)23-16-30(17-31,25(34)35-6)14-10-26(23,2)9-12-28(22,29)4/h7-8,15,23,31,33H,9-14,16-17H2,1-6H3. The first kappa shape index (κ1) is 24.5. The fourth-order valence-corrected chi connectivity index (χ4v) is 8.97. The number of allylic oxidation sites excluding steroid dienone is 7. The van der Waals surface area contributed by atoms with E-state index in [1.807, 2.05) is 6.92 Å². The third-order valence-electron chi connectivity index (χ3n) is 11.7. The van der Waals surface area contributed by atoms with Gasteiger partial charge in [-0.1, -0.05) is 45.4 Å². The molecule has 190 valence electrons. The SMILES string of the molecule is COC(=O)C1(CO)CCC2(C)CCC3(C)C4=CC=C5C(=CC(=O)C(O)=C5C)C4(C)CCC3(C)C2C1. The summed E-state index contributed by atoms with van der Waals surface area (Å²) in [7, 11) is 1.43. The molecule has 0 saturated heterocycles. The summed E-state index contributed by atoms with van der Waals surface area (Å²) in [5, 5.41) is 20.7. The molecule has 3 saturated carbocycles.